The average molecular weight is 243 g/mol. The molecule has 0 fully saturated rings. The third-order valence-corrected chi connectivity index (χ3v) is 4.48. The summed E-state index contributed by atoms with van der Waals surface area (Å²) in [6, 6.07) is 0. The van der Waals surface area contributed by atoms with Gasteiger partial charge in [-0.3, -0.25) is 0 Å². The first-order valence-corrected chi connectivity index (χ1v) is 7.30. The first kappa shape index (κ1) is 16.9. The van der Waals surface area contributed by atoms with Crippen LogP contribution in [0.1, 0.15) is 67.2 Å². The highest BCUT2D eigenvalue weighted by Gasteiger charge is 2.20. The normalized spacial score (nSPS) is 13.1. The largest absolute Gasteiger partial charge is 0.374 e. The van der Waals surface area contributed by atoms with Gasteiger partial charge < -0.3 is 10.1 Å². The van der Waals surface area contributed by atoms with Crippen molar-refractivity contribution in [3.05, 3.63) is 0 Å². The zero-order chi connectivity index (χ0) is 13.4. The van der Waals surface area contributed by atoms with Crippen molar-refractivity contribution in [2.24, 2.45) is 5.41 Å². The van der Waals surface area contributed by atoms with Gasteiger partial charge in [0.2, 0.25) is 0 Å². The lowest BCUT2D eigenvalue weighted by Gasteiger charge is -2.29. The van der Waals surface area contributed by atoms with Gasteiger partial charge in [-0.25, -0.2) is 0 Å². The predicted octanol–water partition coefficient (Wildman–Crippen LogP) is 4.00. The number of nitrogens with one attached hydrogen (secondary N) is 1. The molecule has 2 heteroatoms. The Balaban J connectivity index is 3.72. The highest BCUT2D eigenvalue weighted by molar-refractivity contribution is 4.74. The Hall–Kier alpha value is -0.0800. The Kier molecular flexibility index (Phi) is 8.06. The quantitative estimate of drug-likeness (QED) is 0.586. The Morgan fingerprint density at radius 2 is 1.41 bits per heavy atom. The molecule has 0 bridgehead atoms. The van der Waals surface area contributed by atoms with Gasteiger partial charge in [0.05, 0.1) is 12.2 Å². The molecule has 0 aromatic carbocycles. The van der Waals surface area contributed by atoms with E-state index in [1.165, 1.54) is 12.8 Å². The minimum atomic E-state index is 0.0699. The number of rotatable bonds is 10. The van der Waals surface area contributed by atoms with Gasteiger partial charge in [0, 0.05) is 13.1 Å². The summed E-state index contributed by atoms with van der Waals surface area (Å²) in [6.07, 6.45) is 4.65. The van der Waals surface area contributed by atoms with E-state index in [-0.39, 0.29) is 5.60 Å². The van der Waals surface area contributed by atoms with E-state index in [9.17, 15) is 0 Å². The second-order valence-corrected chi connectivity index (χ2v) is 5.70. The van der Waals surface area contributed by atoms with Crippen LogP contribution in [0.3, 0.4) is 0 Å². The first-order valence-electron chi connectivity index (χ1n) is 7.30. The van der Waals surface area contributed by atoms with Gasteiger partial charge in [-0.15, -0.1) is 0 Å². The second kappa shape index (κ2) is 8.10. The number of ether oxygens (including phenoxy) is 1. The third-order valence-electron chi connectivity index (χ3n) is 4.48. The molecule has 0 heterocycles. The number of hydrogen-bond donors (Lipinski definition) is 1. The van der Waals surface area contributed by atoms with Crippen molar-refractivity contribution in [2.45, 2.75) is 72.8 Å². The molecule has 1 N–H and O–H groups in total. The van der Waals surface area contributed by atoms with Crippen molar-refractivity contribution < 1.29 is 4.74 Å². The van der Waals surface area contributed by atoms with Gasteiger partial charge in [-0.1, -0.05) is 34.6 Å². The predicted molar refractivity (Wildman–Crippen MR) is 76.5 cm³/mol. The standard InChI is InChI=1S/C15H33NO/c1-7-14(5,8-2)13-16-11-12-17-15(6,9-3)10-4/h16H,7-13H2,1-6H3. The van der Waals surface area contributed by atoms with Gasteiger partial charge in [0.15, 0.2) is 0 Å². The molecule has 0 rings (SSSR count). The Labute approximate surface area is 109 Å². The Morgan fingerprint density at radius 1 is 0.882 bits per heavy atom. The minimum Gasteiger partial charge on any atom is -0.374 e. The smallest absolute Gasteiger partial charge is 0.0650 e. The van der Waals surface area contributed by atoms with E-state index in [4.69, 9.17) is 4.74 Å². The van der Waals surface area contributed by atoms with Crippen LogP contribution in [0.25, 0.3) is 0 Å². The molecular formula is C15H33NO. The fraction of sp³-hybridized carbons (Fsp3) is 1.00. The summed E-state index contributed by atoms with van der Waals surface area (Å²) in [6.45, 7) is 16.4. The van der Waals surface area contributed by atoms with Crippen molar-refractivity contribution in [1.29, 1.82) is 0 Å². The third kappa shape index (κ3) is 6.42. The van der Waals surface area contributed by atoms with Crippen LogP contribution in [0.4, 0.5) is 0 Å². The molecule has 2 nitrogen and oxygen atoms in total. The van der Waals surface area contributed by atoms with Crippen molar-refractivity contribution in [3.63, 3.8) is 0 Å². The molecule has 0 aromatic rings. The van der Waals surface area contributed by atoms with E-state index in [1.54, 1.807) is 0 Å². The summed E-state index contributed by atoms with van der Waals surface area (Å²) in [7, 11) is 0. The summed E-state index contributed by atoms with van der Waals surface area (Å²) < 4.78 is 5.95. The van der Waals surface area contributed by atoms with Crippen LogP contribution in [-0.2, 0) is 4.74 Å². The molecule has 0 unspecified atom stereocenters. The lowest BCUT2D eigenvalue weighted by Crippen LogP contribution is -2.35. The van der Waals surface area contributed by atoms with E-state index in [2.05, 4.69) is 46.9 Å². The molecule has 0 aliphatic heterocycles. The summed E-state index contributed by atoms with van der Waals surface area (Å²) in [5.41, 5.74) is 0.513. The van der Waals surface area contributed by atoms with Crippen LogP contribution >= 0.6 is 0 Å². The molecule has 0 radical (unpaired) electrons. The maximum Gasteiger partial charge on any atom is 0.0650 e. The van der Waals surface area contributed by atoms with Gasteiger partial charge in [-0.05, 0) is 38.0 Å². The zero-order valence-corrected chi connectivity index (χ0v) is 12.9. The van der Waals surface area contributed by atoms with E-state index in [0.29, 0.717) is 5.41 Å². The van der Waals surface area contributed by atoms with E-state index >= 15 is 0 Å². The Morgan fingerprint density at radius 3 is 1.82 bits per heavy atom. The molecule has 0 spiro atoms. The molecule has 104 valence electrons. The van der Waals surface area contributed by atoms with Crippen molar-refractivity contribution in [1.82, 2.24) is 5.32 Å². The molecule has 0 aromatic heterocycles. The van der Waals surface area contributed by atoms with Crippen LogP contribution in [-0.4, -0.2) is 25.3 Å². The van der Waals surface area contributed by atoms with Crippen molar-refractivity contribution in [3.8, 4) is 0 Å². The van der Waals surface area contributed by atoms with Gasteiger partial charge in [0.25, 0.3) is 0 Å². The molecule has 0 saturated carbocycles. The lowest BCUT2D eigenvalue weighted by molar-refractivity contribution is -0.0356. The van der Waals surface area contributed by atoms with Crippen LogP contribution < -0.4 is 5.32 Å². The second-order valence-electron chi connectivity index (χ2n) is 5.70. The van der Waals surface area contributed by atoms with Crippen molar-refractivity contribution in [2.75, 3.05) is 19.7 Å². The first-order chi connectivity index (χ1) is 7.95. The molecule has 0 amide bonds. The van der Waals surface area contributed by atoms with Crippen LogP contribution in [0.15, 0.2) is 0 Å². The molecule has 17 heavy (non-hydrogen) atoms. The summed E-state index contributed by atoms with van der Waals surface area (Å²) in [4.78, 5) is 0. The molecule has 0 atom stereocenters. The summed E-state index contributed by atoms with van der Waals surface area (Å²) >= 11 is 0. The van der Waals surface area contributed by atoms with Crippen LogP contribution in [0.5, 0.6) is 0 Å². The average Bonchev–Trinajstić information content (AvgIpc) is 2.37. The minimum absolute atomic E-state index is 0.0699. The summed E-state index contributed by atoms with van der Waals surface area (Å²) in [5, 5.41) is 3.52. The maximum absolute atomic E-state index is 5.95. The fourth-order valence-corrected chi connectivity index (χ4v) is 1.71. The maximum atomic E-state index is 5.95. The number of hydrogen-bond acceptors (Lipinski definition) is 2. The molecule has 0 saturated heterocycles. The fourth-order valence-electron chi connectivity index (χ4n) is 1.71. The van der Waals surface area contributed by atoms with Gasteiger partial charge in [0.1, 0.15) is 0 Å². The Bertz CT molecular complexity index is 163. The van der Waals surface area contributed by atoms with E-state index in [1.807, 2.05) is 0 Å². The van der Waals surface area contributed by atoms with Crippen molar-refractivity contribution >= 4 is 0 Å². The molecule has 0 aliphatic rings. The lowest BCUT2D eigenvalue weighted by atomic mass is 9.85. The van der Waals surface area contributed by atoms with E-state index in [0.717, 1.165) is 32.5 Å². The van der Waals surface area contributed by atoms with Gasteiger partial charge in [-0.2, -0.15) is 0 Å². The van der Waals surface area contributed by atoms with Crippen LogP contribution in [0, 0.1) is 5.41 Å². The highest BCUT2D eigenvalue weighted by atomic mass is 16.5. The zero-order valence-electron chi connectivity index (χ0n) is 12.9. The van der Waals surface area contributed by atoms with E-state index < -0.39 is 0 Å². The van der Waals surface area contributed by atoms with Crippen LogP contribution in [0.2, 0.25) is 0 Å². The topological polar surface area (TPSA) is 21.3 Å². The molecule has 0 aliphatic carbocycles. The highest BCUT2D eigenvalue weighted by Crippen LogP contribution is 2.23. The SMILES string of the molecule is CCC(C)(CC)CNCCOC(C)(CC)CC. The summed E-state index contributed by atoms with van der Waals surface area (Å²) in [5.74, 6) is 0. The monoisotopic (exact) mass is 243 g/mol. The molecular weight excluding hydrogens is 210 g/mol. The van der Waals surface area contributed by atoms with Gasteiger partial charge >= 0.3 is 0 Å².